The number of hydrogen-bond acceptors (Lipinski definition) is 4. The molecule has 0 saturated carbocycles. The number of amides is 1. The van der Waals surface area contributed by atoms with Crippen LogP contribution in [0.15, 0.2) is 41.3 Å². The van der Waals surface area contributed by atoms with E-state index < -0.39 is 5.91 Å². The van der Waals surface area contributed by atoms with Crippen LogP contribution < -0.4 is 15.5 Å². The van der Waals surface area contributed by atoms with E-state index in [2.05, 4.69) is 5.32 Å². The van der Waals surface area contributed by atoms with Gasteiger partial charge in [-0.25, -0.2) is 0 Å². The molecule has 25 heavy (non-hydrogen) atoms. The number of carbonyl (C=O) groups excluding carboxylic acids is 1. The number of benzene rings is 1. The van der Waals surface area contributed by atoms with Crippen LogP contribution in [0.1, 0.15) is 28.9 Å². The van der Waals surface area contributed by atoms with Gasteiger partial charge in [0.2, 0.25) is 0 Å². The van der Waals surface area contributed by atoms with Gasteiger partial charge in [-0.3, -0.25) is 9.59 Å². The van der Waals surface area contributed by atoms with Crippen molar-refractivity contribution in [2.75, 3.05) is 18.5 Å². The molecular weight excluding hydrogens is 320 g/mol. The van der Waals surface area contributed by atoms with E-state index in [-0.39, 0.29) is 17.1 Å². The maximum absolute atomic E-state index is 12.3. The highest BCUT2D eigenvalue weighted by Gasteiger charge is 2.16. The minimum absolute atomic E-state index is 0.117. The number of nitrogens with zero attached hydrogens (tertiary/aromatic N) is 1. The van der Waals surface area contributed by atoms with Crippen molar-refractivity contribution in [3.63, 3.8) is 0 Å². The number of hydrogen-bond donors (Lipinski definition) is 1. The van der Waals surface area contributed by atoms with Gasteiger partial charge in [0.25, 0.3) is 5.91 Å². The van der Waals surface area contributed by atoms with Gasteiger partial charge in [-0.1, -0.05) is 0 Å². The minimum Gasteiger partial charge on any atom is -0.491 e. The van der Waals surface area contributed by atoms with Crippen LogP contribution in [-0.4, -0.2) is 29.8 Å². The van der Waals surface area contributed by atoms with Gasteiger partial charge in [0, 0.05) is 37.3 Å². The summed E-state index contributed by atoms with van der Waals surface area (Å²) in [6.45, 7) is 3.15. The molecule has 2 aromatic rings. The highest BCUT2D eigenvalue weighted by molar-refractivity contribution is 6.04. The molecule has 1 unspecified atom stereocenters. The van der Waals surface area contributed by atoms with E-state index in [4.69, 9.17) is 9.47 Å². The van der Waals surface area contributed by atoms with Gasteiger partial charge in [0.15, 0.2) is 5.43 Å². The van der Waals surface area contributed by atoms with Gasteiger partial charge in [0.1, 0.15) is 17.9 Å². The molecule has 1 N–H and O–H groups in total. The Hall–Kier alpha value is -2.60. The average molecular weight is 342 g/mol. The number of pyridine rings is 1. The van der Waals surface area contributed by atoms with Crippen LogP contribution in [0.2, 0.25) is 0 Å². The van der Waals surface area contributed by atoms with E-state index >= 15 is 0 Å². The summed E-state index contributed by atoms with van der Waals surface area (Å²) < 4.78 is 13.0. The quantitative estimate of drug-likeness (QED) is 0.906. The average Bonchev–Trinajstić information content (AvgIpc) is 3.11. The maximum Gasteiger partial charge on any atom is 0.261 e. The van der Waals surface area contributed by atoms with Crippen molar-refractivity contribution in [1.29, 1.82) is 0 Å². The molecule has 0 bridgehead atoms. The largest absolute Gasteiger partial charge is 0.491 e. The Bertz CT molecular complexity index is 805. The third-order valence-electron chi connectivity index (χ3n) is 4.30. The normalized spacial score (nSPS) is 16.6. The lowest BCUT2D eigenvalue weighted by atomic mass is 10.2. The molecule has 1 fully saturated rings. The summed E-state index contributed by atoms with van der Waals surface area (Å²) in [5.74, 6) is 0.299. The lowest BCUT2D eigenvalue weighted by Gasteiger charge is -2.12. The lowest BCUT2D eigenvalue weighted by molar-refractivity contribution is 0.0679. The number of aryl methyl sites for hydroxylation is 2. The zero-order valence-electron chi connectivity index (χ0n) is 14.5. The highest BCUT2D eigenvalue weighted by atomic mass is 16.5. The van der Waals surface area contributed by atoms with Crippen LogP contribution in [0.3, 0.4) is 0 Å². The van der Waals surface area contributed by atoms with Crippen LogP contribution in [0.5, 0.6) is 5.75 Å². The second-order valence-electron chi connectivity index (χ2n) is 6.23. The van der Waals surface area contributed by atoms with Crippen molar-refractivity contribution < 1.29 is 14.3 Å². The highest BCUT2D eigenvalue weighted by Crippen LogP contribution is 2.18. The maximum atomic E-state index is 12.3. The first-order chi connectivity index (χ1) is 12.0. The lowest BCUT2D eigenvalue weighted by Crippen LogP contribution is -2.23. The fourth-order valence-corrected chi connectivity index (χ4v) is 2.70. The summed E-state index contributed by atoms with van der Waals surface area (Å²) in [6.07, 6.45) is 3.82. The fraction of sp³-hybridized carbons (Fsp3) is 0.368. The van der Waals surface area contributed by atoms with E-state index in [9.17, 15) is 9.59 Å². The van der Waals surface area contributed by atoms with Crippen molar-refractivity contribution >= 4 is 11.6 Å². The summed E-state index contributed by atoms with van der Waals surface area (Å²) in [4.78, 5) is 24.3. The fourth-order valence-electron chi connectivity index (χ4n) is 2.70. The third-order valence-corrected chi connectivity index (χ3v) is 4.30. The smallest absolute Gasteiger partial charge is 0.261 e. The Balaban J connectivity index is 1.62. The summed E-state index contributed by atoms with van der Waals surface area (Å²) >= 11 is 0. The molecule has 0 spiro atoms. The summed E-state index contributed by atoms with van der Waals surface area (Å²) in [5.41, 5.74) is 1.24. The van der Waals surface area contributed by atoms with Gasteiger partial charge < -0.3 is 19.4 Å². The molecule has 2 heterocycles. The first-order valence-corrected chi connectivity index (χ1v) is 8.36. The number of rotatable bonds is 5. The second kappa shape index (κ2) is 7.53. The molecule has 3 rings (SSSR count). The van der Waals surface area contributed by atoms with Crippen LogP contribution in [0.4, 0.5) is 5.69 Å². The first-order valence-electron chi connectivity index (χ1n) is 8.36. The monoisotopic (exact) mass is 342 g/mol. The van der Waals surface area contributed by atoms with Gasteiger partial charge in [-0.15, -0.1) is 0 Å². The number of aromatic nitrogens is 1. The zero-order chi connectivity index (χ0) is 17.8. The van der Waals surface area contributed by atoms with E-state index in [0.717, 1.165) is 30.9 Å². The van der Waals surface area contributed by atoms with Crippen LogP contribution in [0, 0.1) is 6.92 Å². The van der Waals surface area contributed by atoms with Crippen molar-refractivity contribution in [3.05, 3.63) is 58.0 Å². The predicted octanol–water partition coefficient (Wildman–Crippen LogP) is 2.50. The topological polar surface area (TPSA) is 69.6 Å². The molecule has 1 aromatic heterocycles. The molecule has 1 amide bonds. The number of nitrogens with one attached hydrogen (secondary N) is 1. The summed E-state index contributed by atoms with van der Waals surface area (Å²) in [7, 11) is 1.80. The standard InChI is InChI=1S/C19H22N2O4/c1-13-10-18(22)17(11-21(13)2)19(23)20-14-5-7-15(8-6-14)25-12-16-4-3-9-24-16/h5-8,10-11,16H,3-4,9,12H2,1-2H3,(H,20,23). The van der Waals surface area contributed by atoms with Crippen molar-refractivity contribution in [3.8, 4) is 5.75 Å². The zero-order valence-corrected chi connectivity index (χ0v) is 14.5. The SMILES string of the molecule is Cc1cc(=O)c(C(=O)Nc2ccc(OCC3CCCO3)cc2)cn1C. The second-order valence-corrected chi connectivity index (χ2v) is 6.23. The molecule has 1 aliphatic rings. The molecular formula is C19H22N2O4. The van der Waals surface area contributed by atoms with Crippen molar-refractivity contribution in [1.82, 2.24) is 4.57 Å². The molecule has 1 aliphatic heterocycles. The molecule has 1 saturated heterocycles. The Labute approximate surface area is 146 Å². The molecule has 6 heteroatoms. The summed E-state index contributed by atoms with van der Waals surface area (Å²) in [6, 6.07) is 8.54. The number of ether oxygens (including phenoxy) is 2. The molecule has 1 atom stereocenters. The third kappa shape index (κ3) is 4.28. The molecule has 0 radical (unpaired) electrons. The summed E-state index contributed by atoms with van der Waals surface area (Å²) in [5, 5.41) is 2.74. The van der Waals surface area contributed by atoms with E-state index in [1.54, 1.807) is 42.1 Å². The van der Waals surface area contributed by atoms with E-state index in [1.165, 1.54) is 6.07 Å². The van der Waals surface area contributed by atoms with Crippen LogP contribution in [-0.2, 0) is 11.8 Å². The Kier molecular flexibility index (Phi) is 5.19. The minimum atomic E-state index is -0.423. The van der Waals surface area contributed by atoms with E-state index in [0.29, 0.717) is 12.3 Å². The molecule has 0 aliphatic carbocycles. The molecule has 6 nitrogen and oxygen atoms in total. The van der Waals surface area contributed by atoms with Crippen molar-refractivity contribution in [2.24, 2.45) is 7.05 Å². The molecule has 132 valence electrons. The van der Waals surface area contributed by atoms with Gasteiger partial charge >= 0.3 is 0 Å². The van der Waals surface area contributed by atoms with Crippen molar-refractivity contribution in [2.45, 2.75) is 25.9 Å². The predicted molar refractivity (Wildman–Crippen MR) is 95.3 cm³/mol. The first kappa shape index (κ1) is 17.2. The Morgan fingerprint density at radius 3 is 2.80 bits per heavy atom. The Morgan fingerprint density at radius 1 is 1.36 bits per heavy atom. The van der Waals surface area contributed by atoms with Gasteiger partial charge in [0.05, 0.1) is 6.10 Å². The number of anilines is 1. The van der Waals surface area contributed by atoms with Gasteiger partial charge in [-0.2, -0.15) is 0 Å². The number of carbonyl (C=O) groups is 1. The van der Waals surface area contributed by atoms with Gasteiger partial charge in [-0.05, 0) is 44.0 Å². The Morgan fingerprint density at radius 2 is 2.12 bits per heavy atom. The van der Waals surface area contributed by atoms with E-state index in [1.807, 2.05) is 6.92 Å². The van der Waals surface area contributed by atoms with Crippen LogP contribution >= 0.6 is 0 Å². The van der Waals surface area contributed by atoms with Crippen LogP contribution in [0.25, 0.3) is 0 Å². The molecule has 1 aromatic carbocycles.